The predicted molar refractivity (Wildman–Crippen MR) is 71.8 cm³/mol. The van der Waals surface area contributed by atoms with Crippen LogP contribution < -0.4 is 0 Å². The van der Waals surface area contributed by atoms with Gasteiger partial charge < -0.3 is 4.90 Å². The molecule has 0 N–H and O–H groups in total. The Hall–Kier alpha value is -0.820. The second-order valence-corrected chi connectivity index (χ2v) is 4.59. The molecule has 0 fully saturated rings. The number of nitrogens with zero attached hydrogens (tertiary/aromatic N) is 1. The van der Waals surface area contributed by atoms with Crippen LogP contribution in [0.3, 0.4) is 0 Å². The number of hydrogen-bond acceptors (Lipinski definition) is 1. The smallest absolute Gasteiger partial charge is 0.0130 e. The van der Waals surface area contributed by atoms with Crippen molar-refractivity contribution in [3.05, 3.63) is 35.9 Å². The van der Waals surface area contributed by atoms with Gasteiger partial charge in [0.1, 0.15) is 0 Å². The van der Waals surface area contributed by atoms with Crippen LogP contribution in [0.4, 0.5) is 0 Å². The average molecular weight is 219 g/mol. The van der Waals surface area contributed by atoms with Crippen LogP contribution in [0.2, 0.25) is 0 Å². The minimum Gasteiger partial charge on any atom is -0.303 e. The van der Waals surface area contributed by atoms with Gasteiger partial charge in [-0.25, -0.2) is 0 Å². The summed E-state index contributed by atoms with van der Waals surface area (Å²) in [5.74, 6) is 0. The maximum Gasteiger partial charge on any atom is 0.0130 e. The van der Waals surface area contributed by atoms with Gasteiger partial charge in [0, 0.05) is 6.04 Å². The van der Waals surface area contributed by atoms with Crippen molar-refractivity contribution in [3.8, 4) is 0 Å². The Morgan fingerprint density at radius 3 is 2.38 bits per heavy atom. The Morgan fingerprint density at radius 2 is 1.81 bits per heavy atom. The normalized spacial score (nSPS) is 13.0. The highest BCUT2D eigenvalue weighted by Crippen LogP contribution is 2.11. The zero-order valence-corrected chi connectivity index (χ0v) is 10.9. The van der Waals surface area contributed by atoms with E-state index in [2.05, 4.69) is 56.1 Å². The van der Waals surface area contributed by atoms with Crippen molar-refractivity contribution >= 4 is 0 Å². The third-order valence-corrected chi connectivity index (χ3v) is 3.27. The number of hydrogen-bond donors (Lipinski definition) is 0. The zero-order valence-electron chi connectivity index (χ0n) is 10.9. The van der Waals surface area contributed by atoms with Gasteiger partial charge in [0.25, 0.3) is 0 Å². The molecule has 0 heterocycles. The van der Waals surface area contributed by atoms with E-state index in [1.54, 1.807) is 0 Å². The second kappa shape index (κ2) is 7.45. The van der Waals surface area contributed by atoms with Crippen LogP contribution in [-0.4, -0.2) is 24.5 Å². The second-order valence-electron chi connectivity index (χ2n) is 4.59. The van der Waals surface area contributed by atoms with Gasteiger partial charge >= 0.3 is 0 Å². The largest absolute Gasteiger partial charge is 0.303 e. The standard InChI is InChI=1S/C15H25N/c1-4-6-12-16(3)15(5-2)13-14-10-8-7-9-11-14/h7-11,15H,4-6,12-13H2,1-3H3. The van der Waals surface area contributed by atoms with Gasteiger partial charge in [-0.05, 0) is 38.4 Å². The van der Waals surface area contributed by atoms with E-state index in [1.165, 1.54) is 37.8 Å². The maximum atomic E-state index is 2.51. The lowest BCUT2D eigenvalue weighted by molar-refractivity contribution is 0.231. The fourth-order valence-electron chi connectivity index (χ4n) is 2.09. The lowest BCUT2D eigenvalue weighted by atomic mass is 10.0. The molecule has 0 bridgehead atoms. The van der Waals surface area contributed by atoms with Crippen LogP contribution in [-0.2, 0) is 6.42 Å². The molecular weight excluding hydrogens is 194 g/mol. The third-order valence-electron chi connectivity index (χ3n) is 3.27. The molecular formula is C15H25N. The highest BCUT2D eigenvalue weighted by molar-refractivity contribution is 5.15. The predicted octanol–water partition coefficient (Wildman–Crippen LogP) is 3.74. The molecule has 0 aliphatic rings. The first-order chi connectivity index (χ1) is 7.77. The van der Waals surface area contributed by atoms with Crippen LogP contribution in [0.15, 0.2) is 30.3 Å². The van der Waals surface area contributed by atoms with Crippen molar-refractivity contribution in [1.29, 1.82) is 0 Å². The summed E-state index contributed by atoms with van der Waals surface area (Å²) in [6.45, 7) is 5.77. The molecule has 1 aromatic carbocycles. The van der Waals surface area contributed by atoms with E-state index in [0.717, 1.165) is 0 Å². The first kappa shape index (κ1) is 13.2. The highest BCUT2D eigenvalue weighted by atomic mass is 15.1. The van der Waals surface area contributed by atoms with Gasteiger partial charge in [-0.1, -0.05) is 50.6 Å². The summed E-state index contributed by atoms with van der Waals surface area (Å²) in [6, 6.07) is 11.5. The van der Waals surface area contributed by atoms with Crippen LogP contribution in [0.1, 0.15) is 38.7 Å². The Balaban J connectivity index is 2.48. The summed E-state index contributed by atoms with van der Waals surface area (Å²) < 4.78 is 0. The summed E-state index contributed by atoms with van der Waals surface area (Å²) in [5, 5.41) is 0. The van der Waals surface area contributed by atoms with Crippen molar-refractivity contribution < 1.29 is 0 Å². The first-order valence-corrected chi connectivity index (χ1v) is 6.52. The highest BCUT2D eigenvalue weighted by Gasteiger charge is 2.12. The van der Waals surface area contributed by atoms with Gasteiger partial charge in [-0.2, -0.15) is 0 Å². The Labute approximate surface area is 100 Å². The van der Waals surface area contributed by atoms with E-state index in [9.17, 15) is 0 Å². The van der Waals surface area contributed by atoms with Gasteiger partial charge in [0.05, 0.1) is 0 Å². The number of benzene rings is 1. The SMILES string of the molecule is CCCCN(C)C(CC)Cc1ccccc1. The fraction of sp³-hybridized carbons (Fsp3) is 0.600. The maximum absolute atomic E-state index is 2.51. The van der Waals surface area contributed by atoms with Crippen LogP contribution >= 0.6 is 0 Å². The van der Waals surface area contributed by atoms with E-state index in [4.69, 9.17) is 0 Å². The minimum absolute atomic E-state index is 0.689. The van der Waals surface area contributed by atoms with Crippen molar-refractivity contribution in [1.82, 2.24) is 4.90 Å². The van der Waals surface area contributed by atoms with E-state index in [1.807, 2.05) is 0 Å². The van der Waals surface area contributed by atoms with Crippen molar-refractivity contribution in [2.24, 2.45) is 0 Å². The van der Waals surface area contributed by atoms with Crippen molar-refractivity contribution in [3.63, 3.8) is 0 Å². The van der Waals surface area contributed by atoms with E-state index in [-0.39, 0.29) is 0 Å². The molecule has 0 saturated carbocycles. The summed E-state index contributed by atoms with van der Waals surface area (Å²) in [6.07, 6.45) is 5.00. The first-order valence-electron chi connectivity index (χ1n) is 6.52. The van der Waals surface area contributed by atoms with Crippen molar-refractivity contribution in [2.45, 2.75) is 45.6 Å². The molecule has 1 aromatic rings. The summed E-state index contributed by atoms with van der Waals surface area (Å²) >= 11 is 0. The fourth-order valence-corrected chi connectivity index (χ4v) is 2.09. The summed E-state index contributed by atoms with van der Waals surface area (Å²) in [4.78, 5) is 2.51. The minimum atomic E-state index is 0.689. The molecule has 0 spiro atoms. The number of rotatable bonds is 7. The van der Waals surface area contributed by atoms with Gasteiger partial charge in [-0.15, -0.1) is 0 Å². The third kappa shape index (κ3) is 4.36. The lowest BCUT2D eigenvalue weighted by Crippen LogP contribution is -2.33. The molecule has 1 nitrogen and oxygen atoms in total. The molecule has 0 radical (unpaired) electrons. The summed E-state index contributed by atoms with van der Waals surface area (Å²) in [5.41, 5.74) is 1.46. The average Bonchev–Trinajstić information content (AvgIpc) is 2.34. The van der Waals surface area contributed by atoms with Crippen LogP contribution in [0, 0.1) is 0 Å². The van der Waals surface area contributed by atoms with Gasteiger partial charge in [0.2, 0.25) is 0 Å². The zero-order chi connectivity index (χ0) is 11.8. The molecule has 0 aromatic heterocycles. The van der Waals surface area contributed by atoms with Crippen LogP contribution in [0.5, 0.6) is 0 Å². The molecule has 0 aliphatic heterocycles. The molecule has 1 unspecified atom stereocenters. The van der Waals surface area contributed by atoms with E-state index < -0.39 is 0 Å². The molecule has 0 saturated heterocycles. The Kier molecular flexibility index (Phi) is 6.17. The monoisotopic (exact) mass is 219 g/mol. The lowest BCUT2D eigenvalue weighted by Gasteiger charge is -2.27. The van der Waals surface area contributed by atoms with E-state index >= 15 is 0 Å². The van der Waals surface area contributed by atoms with E-state index in [0.29, 0.717) is 6.04 Å². The van der Waals surface area contributed by atoms with Gasteiger partial charge in [-0.3, -0.25) is 0 Å². The molecule has 0 amide bonds. The molecule has 1 atom stereocenters. The quantitative estimate of drug-likeness (QED) is 0.675. The van der Waals surface area contributed by atoms with Crippen LogP contribution in [0.25, 0.3) is 0 Å². The van der Waals surface area contributed by atoms with Crippen molar-refractivity contribution in [2.75, 3.05) is 13.6 Å². The molecule has 1 rings (SSSR count). The Bertz CT molecular complexity index is 268. The Morgan fingerprint density at radius 1 is 1.12 bits per heavy atom. The topological polar surface area (TPSA) is 3.24 Å². The molecule has 1 heteroatoms. The molecule has 0 aliphatic carbocycles. The number of likely N-dealkylation sites (N-methyl/N-ethyl adjacent to an activating group) is 1. The molecule has 16 heavy (non-hydrogen) atoms. The van der Waals surface area contributed by atoms with Gasteiger partial charge in [0.15, 0.2) is 0 Å². The number of unbranched alkanes of at least 4 members (excludes halogenated alkanes) is 1. The molecule has 90 valence electrons. The summed E-state index contributed by atoms with van der Waals surface area (Å²) in [7, 11) is 2.26.